The van der Waals surface area contributed by atoms with E-state index in [2.05, 4.69) is 15.3 Å². The van der Waals surface area contributed by atoms with Crippen LogP contribution in [0.3, 0.4) is 0 Å². The summed E-state index contributed by atoms with van der Waals surface area (Å²) in [5, 5.41) is 13.0. The molecule has 0 saturated heterocycles. The number of thiophene rings is 1. The average molecular weight is 317 g/mol. The first-order chi connectivity index (χ1) is 10.6. The van der Waals surface area contributed by atoms with Crippen LogP contribution in [-0.2, 0) is 6.54 Å². The molecule has 0 aliphatic carbocycles. The van der Waals surface area contributed by atoms with Gasteiger partial charge in [-0.2, -0.15) is 0 Å². The Kier molecular flexibility index (Phi) is 3.72. The summed E-state index contributed by atoms with van der Waals surface area (Å²) < 4.78 is 13.2. The van der Waals surface area contributed by atoms with E-state index in [4.69, 9.17) is 0 Å². The number of anilines is 1. The van der Waals surface area contributed by atoms with Crippen molar-refractivity contribution < 1.29 is 14.3 Å². The van der Waals surface area contributed by atoms with Gasteiger partial charge >= 0.3 is 5.97 Å². The molecule has 5 nitrogen and oxygen atoms in total. The largest absolute Gasteiger partial charge is 0.477 e. The maximum absolute atomic E-state index is 13.2. The summed E-state index contributed by atoms with van der Waals surface area (Å²) in [4.78, 5) is 20.4. The van der Waals surface area contributed by atoms with Crippen LogP contribution >= 0.6 is 11.3 Å². The normalized spacial score (nSPS) is 10.8. The number of carbonyl (C=O) groups is 1. The lowest BCUT2D eigenvalue weighted by Gasteiger charge is -2.07. The molecular formula is C15H12FN3O2S. The second-order valence-corrected chi connectivity index (χ2v) is 5.75. The van der Waals surface area contributed by atoms with E-state index >= 15 is 0 Å². The fourth-order valence-corrected chi connectivity index (χ4v) is 3.23. The molecule has 0 radical (unpaired) electrons. The molecular weight excluding hydrogens is 305 g/mol. The Labute approximate surface area is 129 Å². The number of fused-ring (bicyclic) bond motifs is 1. The Morgan fingerprint density at radius 2 is 2.23 bits per heavy atom. The smallest absolute Gasteiger partial charge is 0.346 e. The topological polar surface area (TPSA) is 75.1 Å². The van der Waals surface area contributed by atoms with Crippen LogP contribution in [0.5, 0.6) is 0 Å². The van der Waals surface area contributed by atoms with Gasteiger partial charge in [-0.1, -0.05) is 12.1 Å². The van der Waals surface area contributed by atoms with Crippen LogP contribution in [0.15, 0.2) is 30.6 Å². The van der Waals surface area contributed by atoms with E-state index in [1.165, 1.54) is 18.5 Å². The summed E-state index contributed by atoms with van der Waals surface area (Å²) >= 11 is 1.12. The molecule has 2 aromatic heterocycles. The Balaban J connectivity index is 1.95. The minimum Gasteiger partial charge on any atom is -0.477 e. The average Bonchev–Trinajstić information content (AvgIpc) is 2.83. The Morgan fingerprint density at radius 1 is 1.41 bits per heavy atom. The first-order valence-corrected chi connectivity index (χ1v) is 7.33. The first-order valence-electron chi connectivity index (χ1n) is 6.52. The highest BCUT2D eigenvalue weighted by atomic mass is 32.1. The highest BCUT2D eigenvalue weighted by Crippen LogP contribution is 2.33. The SMILES string of the molecule is Cc1c(C(=O)O)sc2ncnc(NCc3cccc(F)c3)c12. The van der Waals surface area contributed by atoms with Gasteiger partial charge in [0.15, 0.2) is 0 Å². The van der Waals surface area contributed by atoms with Gasteiger partial charge in [0.05, 0.1) is 5.39 Å². The maximum atomic E-state index is 13.2. The summed E-state index contributed by atoms with van der Waals surface area (Å²) in [6.07, 6.45) is 1.39. The number of hydrogen-bond donors (Lipinski definition) is 2. The summed E-state index contributed by atoms with van der Waals surface area (Å²) in [5.74, 6) is -0.723. The molecule has 0 aliphatic heterocycles. The van der Waals surface area contributed by atoms with Crippen LogP contribution in [-0.4, -0.2) is 21.0 Å². The quantitative estimate of drug-likeness (QED) is 0.771. The Morgan fingerprint density at radius 3 is 2.95 bits per heavy atom. The molecule has 0 unspecified atom stereocenters. The van der Waals surface area contributed by atoms with E-state index in [0.717, 1.165) is 16.9 Å². The minimum atomic E-state index is -0.975. The van der Waals surface area contributed by atoms with Gasteiger partial charge in [-0.15, -0.1) is 11.3 Å². The van der Waals surface area contributed by atoms with Crippen molar-refractivity contribution in [3.05, 3.63) is 52.4 Å². The Bertz CT molecular complexity index is 863. The van der Waals surface area contributed by atoms with Crippen LogP contribution in [0.2, 0.25) is 0 Å². The lowest BCUT2D eigenvalue weighted by Crippen LogP contribution is -2.03. The van der Waals surface area contributed by atoms with Crippen molar-refractivity contribution in [2.75, 3.05) is 5.32 Å². The zero-order chi connectivity index (χ0) is 15.7. The zero-order valence-corrected chi connectivity index (χ0v) is 12.4. The van der Waals surface area contributed by atoms with Crippen LogP contribution in [0, 0.1) is 12.7 Å². The predicted molar refractivity (Wildman–Crippen MR) is 82.8 cm³/mol. The van der Waals surface area contributed by atoms with Crippen LogP contribution < -0.4 is 5.32 Å². The molecule has 0 saturated carbocycles. The number of benzene rings is 1. The molecule has 3 rings (SSSR count). The molecule has 2 N–H and O–H groups in total. The molecule has 22 heavy (non-hydrogen) atoms. The van der Waals surface area contributed by atoms with Gasteiger partial charge in [-0.25, -0.2) is 19.2 Å². The standard InChI is InChI=1S/C15H12FN3O2S/c1-8-11-13(17-6-9-3-2-4-10(16)5-9)18-7-19-14(11)22-12(8)15(20)21/h2-5,7H,6H2,1H3,(H,20,21)(H,17,18,19). The summed E-state index contributed by atoms with van der Waals surface area (Å²) in [6, 6.07) is 6.26. The van der Waals surface area contributed by atoms with Gasteiger partial charge < -0.3 is 10.4 Å². The van der Waals surface area contributed by atoms with Gasteiger partial charge in [-0.05, 0) is 30.2 Å². The molecule has 3 aromatic rings. The number of halogens is 1. The number of carboxylic acid groups (broad SMARTS) is 1. The van der Waals surface area contributed by atoms with Gasteiger partial charge in [0.25, 0.3) is 0 Å². The van der Waals surface area contributed by atoms with Crippen molar-refractivity contribution >= 4 is 33.3 Å². The fraction of sp³-hybridized carbons (Fsp3) is 0.133. The number of carboxylic acids is 1. The van der Waals surface area contributed by atoms with Gasteiger partial charge in [0.1, 0.15) is 27.7 Å². The zero-order valence-electron chi connectivity index (χ0n) is 11.6. The fourth-order valence-electron chi connectivity index (χ4n) is 2.24. The molecule has 7 heteroatoms. The van der Waals surface area contributed by atoms with Crippen molar-refractivity contribution in [3.63, 3.8) is 0 Å². The molecule has 0 bridgehead atoms. The van der Waals surface area contributed by atoms with Crippen LogP contribution in [0.1, 0.15) is 20.8 Å². The van der Waals surface area contributed by atoms with E-state index in [9.17, 15) is 14.3 Å². The minimum absolute atomic E-state index is 0.254. The molecule has 0 spiro atoms. The molecule has 112 valence electrons. The van der Waals surface area contributed by atoms with E-state index in [-0.39, 0.29) is 10.7 Å². The van der Waals surface area contributed by atoms with E-state index in [0.29, 0.717) is 28.1 Å². The second-order valence-electron chi connectivity index (χ2n) is 4.75. The van der Waals surface area contributed by atoms with Gasteiger partial charge in [0, 0.05) is 6.54 Å². The molecule has 1 aromatic carbocycles. The highest BCUT2D eigenvalue weighted by Gasteiger charge is 2.18. The molecule has 0 amide bonds. The van der Waals surface area contributed by atoms with E-state index in [1.807, 2.05) is 0 Å². The number of nitrogens with zero attached hydrogens (tertiary/aromatic N) is 2. The number of hydrogen-bond acceptors (Lipinski definition) is 5. The number of aromatic carboxylic acids is 1. The van der Waals surface area contributed by atoms with Crippen molar-refractivity contribution in [1.82, 2.24) is 9.97 Å². The summed E-state index contributed by atoms with van der Waals surface area (Å²) in [5.41, 5.74) is 1.41. The van der Waals surface area contributed by atoms with Gasteiger partial charge in [0.2, 0.25) is 0 Å². The third-order valence-corrected chi connectivity index (χ3v) is 4.46. The molecule has 0 fully saturated rings. The number of nitrogens with one attached hydrogen (secondary N) is 1. The maximum Gasteiger partial charge on any atom is 0.346 e. The third-order valence-electron chi connectivity index (χ3n) is 3.27. The summed E-state index contributed by atoms with van der Waals surface area (Å²) in [6.45, 7) is 2.13. The lowest BCUT2D eigenvalue weighted by molar-refractivity contribution is 0.0701. The van der Waals surface area contributed by atoms with Crippen LogP contribution in [0.4, 0.5) is 10.2 Å². The monoisotopic (exact) mass is 317 g/mol. The molecule has 2 heterocycles. The highest BCUT2D eigenvalue weighted by molar-refractivity contribution is 7.20. The second kappa shape index (κ2) is 5.69. The number of rotatable bonds is 4. The van der Waals surface area contributed by atoms with E-state index < -0.39 is 5.97 Å². The van der Waals surface area contributed by atoms with E-state index in [1.54, 1.807) is 19.1 Å². The molecule has 0 atom stereocenters. The summed E-state index contributed by atoms with van der Waals surface area (Å²) in [7, 11) is 0. The third kappa shape index (κ3) is 2.62. The van der Waals surface area contributed by atoms with Gasteiger partial charge in [-0.3, -0.25) is 0 Å². The number of aromatic nitrogens is 2. The predicted octanol–water partition coefficient (Wildman–Crippen LogP) is 3.45. The first kappa shape index (κ1) is 14.4. The number of aryl methyl sites for hydroxylation is 1. The van der Waals surface area contributed by atoms with Crippen molar-refractivity contribution in [1.29, 1.82) is 0 Å². The molecule has 0 aliphatic rings. The lowest BCUT2D eigenvalue weighted by atomic mass is 10.2. The van der Waals surface area contributed by atoms with Crippen molar-refractivity contribution in [2.24, 2.45) is 0 Å². The van der Waals surface area contributed by atoms with Crippen molar-refractivity contribution in [3.8, 4) is 0 Å². The van der Waals surface area contributed by atoms with Crippen LogP contribution in [0.25, 0.3) is 10.2 Å². The van der Waals surface area contributed by atoms with Crippen molar-refractivity contribution in [2.45, 2.75) is 13.5 Å². The Hall–Kier alpha value is -2.54.